The van der Waals surface area contributed by atoms with Crippen LogP contribution in [0, 0.1) is 12.7 Å². The summed E-state index contributed by atoms with van der Waals surface area (Å²) in [6.45, 7) is 1.47. The Bertz CT molecular complexity index is 760. The van der Waals surface area contributed by atoms with Gasteiger partial charge in [0.2, 0.25) is 0 Å². The zero-order valence-corrected chi connectivity index (χ0v) is 12.6. The molecule has 20 heavy (non-hydrogen) atoms. The van der Waals surface area contributed by atoms with E-state index < -0.39 is 15.9 Å². The van der Waals surface area contributed by atoms with Crippen molar-refractivity contribution in [1.29, 1.82) is 0 Å². The Balaban J connectivity index is 2.44. The molecule has 0 aliphatic heterocycles. The molecule has 0 bridgehead atoms. The Morgan fingerprint density at radius 2 is 1.85 bits per heavy atom. The van der Waals surface area contributed by atoms with Gasteiger partial charge in [0.25, 0.3) is 0 Å². The molecule has 0 saturated carbocycles. The van der Waals surface area contributed by atoms with Gasteiger partial charge in [0.05, 0.1) is 5.02 Å². The quantitative estimate of drug-likeness (QED) is 0.789. The maximum atomic E-state index is 13.0. The molecule has 0 atom stereocenters. The molecule has 0 aliphatic carbocycles. The Morgan fingerprint density at radius 1 is 1.15 bits per heavy atom. The van der Waals surface area contributed by atoms with Gasteiger partial charge in [0, 0.05) is 0 Å². The first-order valence-corrected chi connectivity index (χ1v) is 7.62. The number of hydrogen-bond acceptors (Lipinski definition) is 3. The van der Waals surface area contributed by atoms with Crippen LogP contribution in [0.25, 0.3) is 0 Å². The highest BCUT2D eigenvalue weighted by Gasteiger charge is 2.21. The van der Waals surface area contributed by atoms with Crippen LogP contribution in [0.5, 0.6) is 5.75 Å². The third kappa shape index (κ3) is 3.06. The molecule has 0 aliphatic rings. The van der Waals surface area contributed by atoms with Crippen molar-refractivity contribution >= 4 is 33.3 Å². The number of rotatable bonds is 3. The van der Waals surface area contributed by atoms with Crippen LogP contribution in [0.15, 0.2) is 41.3 Å². The van der Waals surface area contributed by atoms with Gasteiger partial charge in [-0.3, -0.25) is 0 Å². The molecule has 2 rings (SSSR count). The average Bonchev–Trinajstić information content (AvgIpc) is 2.34. The minimum Gasteiger partial charge on any atom is -0.377 e. The van der Waals surface area contributed by atoms with Crippen molar-refractivity contribution in [2.75, 3.05) is 0 Å². The summed E-state index contributed by atoms with van der Waals surface area (Å²) in [6, 6.07) is 7.69. The Kier molecular flexibility index (Phi) is 4.22. The SMILES string of the molecule is Cc1cc(F)ccc1S(=O)(=O)Oc1cccc(Cl)c1Cl. The predicted molar refractivity (Wildman–Crippen MR) is 75.4 cm³/mol. The molecule has 0 saturated heterocycles. The van der Waals surface area contributed by atoms with Crippen LogP contribution < -0.4 is 4.18 Å². The van der Waals surface area contributed by atoms with E-state index in [9.17, 15) is 12.8 Å². The zero-order valence-electron chi connectivity index (χ0n) is 10.2. The number of aryl methyl sites for hydroxylation is 1. The molecule has 0 spiro atoms. The molecule has 0 N–H and O–H groups in total. The smallest absolute Gasteiger partial charge is 0.339 e. The van der Waals surface area contributed by atoms with Crippen LogP contribution >= 0.6 is 23.2 Å². The van der Waals surface area contributed by atoms with Gasteiger partial charge < -0.3 is 4.18 Å². The molecule has 106 valence electrons. The van der Waals surface area contributed by atoms with Crippen molar-refractivity contribution in [2.24, 2.45) is 0 Å². The zero-order chi connectivity index (χ0) is 14.9. The molecule has 3 nitrogen and oxygen atoms in total. The van der Waals surface area contributed by atoms with Crippen molar-refractivity contribution in [3.63, 3.8) is 0 Å². The summed E-state index contributed by atoms with van der Waals surface area (Å²) >= 11 is 11.7. The largest absolute Gasteiger partial charge is 0.377 e. The third-order valence-corrected chi connectivity index (χ3v) is 4.72. The molecule has 0 amide bonds. The lowest BCUT2D eigenvalue weighted by atomic mass is 10.2. The number of benzene rings is 2. The van der Waals surface area contributed by atoms with Crippen LogP contribution in [-0.4, -0.2) is 8.42 Å². The summed E-state index contributed by atoms with van der Waals surface area (Å²) in [6.07, 6.45) is 0. The molecular weight excluding hydrogens is 326 g/mol. The van der Waals surface area contributed by atoms with E-state index in [1.807, 2.05) is 0 Å². The topological polar surface area (TPSA) is 43.4 Å². The number of halogens is 3. The lowest BCUT2D eigenvalue weighted by molar-refractivity contribution is 0.485. The van der Waals surface area contributed by atoms with Crippen molar-refractivity contribution < 1.29 is 17.0 Å². The standard InChI is InChI=1S/C13H9Cl2FO3S/c1-8-7-9(16)5-6-12(8)20(17,18)19-11-4-2-3-10(14)13(11)15/h2-7H,1H3. The van der Waals surface area contributed by atoms with Gasteiger partial charge in [-0.2, -0.15) is 8.42 Å². The summed E-state index contributed by atoms with van der Waals surface area (Å²) in [5, 5.41) is 0.174. The first-order valence-electron chi connectivity index (χ1n) is 5.46. The highest BCUT2D eigenvalue weighted by molar-refractivity contribution is 7.87. The van der Waals surface area contributed by atoms with Crippen LogP contribution in [0.2, 0.25) is 10.0 Å². The Hall–Kier alpha value is -1.30. The summed E-state index contributed by atoms with van der Waals surface area (Å²) in [5.74, 6) is -0.606. The van der Waals surface area contributed by atoms with Crippen LogP contribution in [-0.2, 0) is 10.1 Å². The first-order chi connectivity index (χ1) is 9.31. The van der Waals surface area contributed by atoms with E-state index in [2.05, 4.69) is 0 Å². The third-order valence-electron chi connectivity index (χ3n) is 2.52. The fraction of sp³-hybridized carbons (Fsp3) is 0.0769. The van der Waals surface area contributed by atoms with E-state index in [0.29, 0.717) is 0 Å². The molecule has 7 heteroatoms. The van der Waals surface area contributed by atoms with E-state index in [1.54, 1.807) is 0 Å². The summed E-state index contributed by atoms with van der Waals surface area (Å²) < 4.78 is 42.3. The van der Waals surface area contributed by atoms with E-state index in [4.69, 9.17) is 27.4 Å². The summed E-state index contributed by atoms with van der Waals surface area (Å²) in [5.41, 5.74) is 0.239. The van der Waals surface area contributed by atoms with Crippen LogP contribution in [0.4, 0.5) is 4.39 Å². The molecule has 0 unspecified atom stereocenters. The minimum atomic E-state index is -4.11. The normalized spacial score (nSPS) is 11.4. The molecule has 0 fully saturated rings. The van der Waals surface area contributed by atoms with Crippen molar-refractivity contribution in [3.8, 4) is 5.75 Å². The second kappa shape index (κ2) is 5.60. The molecular formula is C13H9Cl2FO3S. The lowest BCUT2D eigenvalue weighted by Crippen LogP contribution is -2.11. The van der Waals surface area contributed by atoms with Crippen molar-refractivity contribution in [1.82, 2.24) is 0 Å². The lowest BCUT2D eigenvalue weighted by Gasteiger charge is -2.10. The molecule has 2 aromatic carbocycles. The van der Waals surface area contributed by atoms with Gasteiger partial charge in [0.15, 0.2) is 5.75 Å². The average molecular weight is 335 g/mol. The highest BCUT2D eigenvalue weighted by Crippen LogP contribution is 2.33. The second-order valence-corrected chi connectivity index (χ2v) is 6.30. The maximum Gasteiger partial charge on any atom is 0.339 e. The van der Waals surface area contributed by atoms with E-state index in [-0.39, 0.29) is 26.3 Å². The van der Waals surface area contributed by atoms with Gasteiger partial charge in [-0.1, -0.05) is 29.3 Å². The van der Waals surface area contributed by atoms with Crippen LogP contribution in [0.3, 0.4) is 0 Å². The van der Waals surface area contributed by atoms with E-state index in [1.165, 1.54) is 25.1 Å². The van der Waals surface area contributed by atoms with Gasteiger partial charge in [-0.15, -0.1) is 0 Å². The highest BCUT2D eigenvalue weighted by atomic mass is 35.5. The van der Waals surface area contributed by atoms with Crippen LogP contribution in [0.1, 0.15) is 5.56 Å². The molecule has 0 aromatic heterocycles. The summed E-state index contributed by atoms with van der Waals surface area (Å²) in [7, 11) is -4.11. The fourth-order valence-corrected chi connectivity index (χ4v) is 3.13. The summed E-state index contributed by atoms with van der Waals surface area (Å²) in [4.78, 5) is -0.130. The van der Waals surface area contributed by atoms with Gasteiger partial charge in [0.1, 0.15) is 15.7 Å². The predicted octanol–water partition coefficient (Wildman–Crippen LogP) is 4.21. The minimum absolute atomic E-state index is 0.00231. The second-order valence-electron chi connectivity index (χ2n) is 4.00. The van der Waals surface area contributed by atoms with Crippen molar-refractivity contribution in [3.05, 3.63) is 57.8 Å². The van der Waals surface area contributed by atoms with Gasteiger partial charge in [-0.25, -0.2) is 4.39 Å². The monoisotopic (exact) mass is 334 g/mol. The van der Waals surface area contributed by atoms with E-state index >= 15 is 0 Å². The first kappa shape index (κ1) is 15.1. The molecule has 2 aromatic rings. The molecule has 0 radical (unpaired) electrons. The van der Waals surface area contributed by atoms with Crippen molar-refractivity contribution in [2.45, 2.75) is 11.8 Å². The Morgan fingerprint density at radius 3 is 2.50 bits per heavy atom. The van der Waals surface area contributed by atoms with Gasteiger partial charge in [-0.05, 0) is 42.8 Å². The van der Waals surface area contributed by atoms with Gasteiger partial charge >= 0.3 is 10.1 Å². The maximum absolute atomic E-state index is 13.0. The number of hydrogen-bond donors (Lipinski definition) is 0. The fourth-order valence-electron chi connectivity index (χ4n) is 1.60. The Labute approximate surface area is 126 Å². The van der Waals surface area contributed by atoms with E-state index in [0.717, 1.165) is 18.2 Å². The molecule has 0 heterocycles.